The van der Waals surface area contributed by atoms with Crippen LogP contribution >= 0.6 is 0 Å². The smallest absolute Gasteiger partial charge is 0.237 e. The first-order valence-electron chi connectivity index (χ1n) is 4.90. The Morgan fingerprint density at radius 2 is 2.38 bits per heavy atom. The summed E-state index contributed by atoms with van der Waals surface area (Å²) >= 11 is 0. The lowest BCUT2D eigenvalue weighted by Crippen LogP contribution is -2.38. The maximum atomic E-state index is 11.3. The fourth-order valence-electron chi connectivity index (χ4n) is 1.54. The first kappa shape index (κ1) is 10.5. The van der Waals surface area contributed by atoms with Crippen LogP contribution in [0.1, 0.15) is 20.3 Å². The molecule has 0 radical (unpaired) electrons. The van der Waals surface area contributed by atoms with Crippen LogP contribution < -0.4 is 5.32 Å². The van der Waals surface area contributed by atoms with Crippen molar-refractivity contribution in [3.05, 3.63) is 0 Å². The third-order valence-corrected chi connectivity index (χ3v) is 2.25. The molecule has 0 saturated carbocycles. The molecule has 0 aromatic heterocycles. The summed E-state index contributed by atoms with van der Waals surface area (Å²) in [6, 6.07) is 0. The minimum Gasteiger partial charge on any atom is -0.380 e. The van der Waals surface area contributed by atoms with Gasteiger partial charge in [0.1, 0.15) is 0 Å². The monoisotopic (exact) mass is 186 g/mol. The predicted octanol–water partition coefficient (Wildman–Crippen LogP) is 0.191. The Balaban J connectivity index is 2.31. The van der Waals surface area contributed by atoms with E-state index in [0.717, 1.165) is 6.42 Å². The van der Waals surface area contributed by atoms with Gasteiger partial charge in [0, 0.05) is 13.2 Å². The Labute approximate surface area is 79.2 Å². The van der Waals surface area contributed by atoms with Gasteiger partial charge in [0.05, 0.1) is 19.3 Å². The first-order valence-corrected chi connectivity index (χ1v) is 4.90. The van der Waals surface area contributed by atoms with Crippen LogP contribution in [-0.2, 0) is 9.53 Å². The van der Waals surface area contributed by atoms with Crippen LogP contribution in [0.25, 0.3) is 0 Å². The summed E-state index contributed by atoms with van der Waals surface area (Å²) in [5.74, 6) is 0.187. The Kier molecular flexibility index (Phi) is 4.18. The highest BCUT2D eigenvalue weighted by atomic mass is 16.5. The first-order chi connectivity index (χ1) is 6.29. The number of ether oxygens (including phenoxy) is 1. The van der Waals surface area contributed by atoms with E-state index in [4.69, 9.17) is 4.74 Å². The van der Waals surface area contributed by atoms with E-state index in [0.29, 0.717) is 26.3 Å². The third kappa shape index (κ3) is 2.67. The number of carbonyl (C=O) groups is 1. The van der Waals surface area contributed by atoms with E-state index in [1.165, 1.54) is 0 Å². The summed E-state index contributed by atoms with van der Waals surface area (Å²) in [6.45, 7) is 6.57. The number of carbonyl (C=O) groups excluding carboxylic acids is 1. The van der Waals surface area contributed by atoms with Gasteiger partial charge in [-0.2, -0.15) is 0 Å². The molecule has 1 N–H and O–H groups in total. The van der Waals surface area contributed by atoms with Crippen LogP contribution in [0.2, 0.25) is 0 Å². The molecule has 1 atom stereocenters. The number of hydrogen-bond acceptors (Lipinski definition) is 3. The molecule has 1 heterocycles. The van der Waals surface area contributed by atoms with Gasteiger partial charge in [-0.25, -0.2) is 0 Å². The van der Waals surface area contributed by atoms with Crippen molar-refractivity contribution in [3.63, 3.8) is 0 Å². The highest BCUT2D eigenvalue weighted by molar-refractivity contribution is 5.80. The van der Waals surface area contributed by atoms with Gasteiger partial charge in [-0.3, -0.25) is 10.1 Å². The standard InChI is InChI=1S/C9H18N2O2/c1-3-8-10-7-9(12)11(8)5-6-13-4-2/h8,10H,3-7H2,1-2H3. The minimum atomic E-state index is 0.187. The zero-order chi connectivity index (χ0) is 9.68. The molecule has 0 aromatic rings. The van der Waals surface area contributed by atoms with Crippen molar-refractivity contribution in [2.45, 2.75) is 26.4 Å². The summed E-state index contributed by atoms with van der Waals surface area (Å²) in [5.41, 5.74) is 0. The molecule has 0 bridgehead atoms. The molecular formula is C9H18N2O2. The summed E-state index contributed by atoms with van der Waals surface area (Å²) in [6.07, 6.45) is 1.17. The molecule has 4 heteroatoms. The molecule has 1 rings (SSSR count). The summed E-state index contributed by atoms with van der Waals surface area (Å²) in [4.78, 5) is 13.2. The lowest BCUT2D eigenvalue weighted by molar-refractivity contribution is -0.128. The van der Waals surface area contributed by atoms with Crippen molar-refractivity contribution in [3.8, 4) is 0 Å². The molecule has 1 amide bonds. The molecule has 13 heavy (non-hydrogen) atoms. The third-order valence-electron chi connectivity index (χ3n) is 2.25. The number of rotatable bonds is 5. The molecule has 4 nitrogen and oxygen atoms in total. The lowest BCUT2D eigenvalue weighted by Gasteiger charge is -2.22. The van der Waals surface area contributed by atoms with E-state index in [1.807, 2.05) is 11.8 Å². The molecule has 0 aliphatic carbocycles. The van der Waals surface area contributed by atoms with Gasteiger partial charge in [0.2, 0.25) is 5.91 Å². The van der Waals surface area contributed by atoms with E-state index in [2.05, 4.69) is 12.2 Å². The normalized spacial score (nSPS) is 22.8. The quantitative estimate of drug-likeness (QED) is 0.623. The molecule has 0 aromatic carbocycles. The maximum absolute atomic E-state index is 11.3. The van der Waals surface area contributed by atoms with E-state index in [1.54, 1.807) is 0 Å². The van der Waals surface area contributed by atoms with Crippen molar-refractivity contribution < 1.29 is 9.53 Å². The van der Waals surface area contributed by atoms with Gasteiger partial charge < -0.3 is 9.64 Å². The zero-order valence-electron chi connectivity index (χ0n) is 8.38. The van der Waals surface area contributed by atoms with Gasteiger partial charge in [0.15, 0.2) is 0 Å². The number of nitrogens with zero attached hydrogens (tertiary/aromatic N) is 1. The van der Waals surface area contributed by atoms with Gasteiger partial charge in [0.25, 0.3) is 0 Å². The Bertz CT molecular complexity index is 173. The number of hydrogen-bond donors (Lipinski definition) is 1. The Hall–Kier alpha value is -0.610. The molecule has 1 fully saturated rings. The average Bonchev–Trinajstić information content (AvgIpc) is 2.48. The van der Waals surface area contributed by atoms with Crippen molar-refractivity contribution in [2.24, 2.45) is 0 Å². The van der Waals surface area contributed by atoms with Crippen molar-refractivity contribution in [1.29, 1.82) is 0 Å². The van der Waals surface area contributed by atoms with Crippen LogP contribution in [-0.4, -0.2) is 43.3 Å². The lowest BCUT2D eigenvalue weighted by atomic mass is 10.3. The van der Waals surface area contributed by atoms with Crippen molar-refractivity contribution in [2.75, 3.05) is 26.3 Å². The van der Waals surface area contributed by atoms with Crippen LogP contribution in [0.3, 0.4) is 0 Å². The summed E-state index contributed by atoms with van der Waals surface area (Å²) < 4.78 is 5.21. The molecular weight excluding hydrogens is 168 g/mol. The number of nitrogens with one attached hydrogen (secondary N) is 1. The number of amides is 1. The summed E-state index contributed by atoms with van der Waals surface area (Å²) in [5, 5.41) is 3.15. The van der Waals surface area contributed by atoms with Gasteiger partial charge in [-0.05, 0) is 13.3 Å². The zero-order valence-corrected chi connectivity index (χ0v) is 8.38. The SMILES string of the molecule is CCOCCN1C(=O)CNC1CC. The van der Waals surface area contributed by atoms with Crippen LogP contribution in [0.5, 0.6) is 0 Å². The predicted molar refractivity (Wildman–Crippen MR) is 50.3 cm³/mol. The fourth-order valence-corrected chi connectivity index (χ4v) is 1.54. The second kappa shape index (κ2) is 5.19. The summed E-state index contributed by atoms with van der Waals surface area (Å²) in [7, 11) is 0. The molecule has 1 aliphatic rings. The van der Waals surface area contributed by atoms with E-state index in [9.17, 15) is 4.79 Å². The molecule has 1 saturated heterocycles. The Morgan fingerprint density at radius 1 is 1.62 bits per heavy atom. The second-order valence-electron chi connectivity index (χ2n) is 3.09. The molecule has 1 aliphatic heterocycles. The minimum absolute atomic E-state index is 0.187. The topological polar surface area (TPSA) is 41.6 Å². The van der Waals surface area contributed by atoms with Gasteiger partial charge >= 0.3 is 0 Å². The van der Waals surface area contributed by atoms with E-state index < -0.39 is 0 Å². The molecule has 0 spiro atoms. The van der Waals surface area contributed by atoms with Crippen LogP contribution in [0.15, 0.2) is 0 Å². The highest BCUT2D eigenvalue weighted by Crippen LogP contribution is 2.07. The molecule has 76 valence electrons. The Morgan fingerprint density at radius 3 is 3.00 bits per heavy atom. The van der Waals surface area contributed by atoms with Gasteiger partial charge in [-0.1, -0.05) is 6.92 Å². The van der Waals surface area contributed by atoms with Crippen molar-refractivity contribution >= 4 is 5.91 Å². The van der Waals surface area contributed by atoms with Crippen LogP contribution in [0, 0.1) is 0 Å². The maximum Gasteiger partial charge on any atom is 0.237 e. The van der Waals surface area contributed by atoms with Crippen LogP contribution in [0.4, 0.5) is 0 Å². The van der Waals surface area contributed by atoms with Gasteiger partial charge in [-0.15, -0.1) is 0 Å². The average molecular weight is 186 g/mol. The fraction of sp³-hybridized carbons (Fsp3) is 0.889. The largest absolute Gasteiger partial charge is 0.380 e. The highest BCUT2D eigenvalue weighted by Gasteiger charge is 2.27. The second-order valence-corrected chi connectivity index (χ2v) is 3.09. The van der Waals surface area contributed by atoms with Crippen molar-refractivity contribution in [1.82, 2.24) is 10.2 Å². The van der Waals surface area contributed by atoms with E-state index >= 15 is 0 Å². The van der Waals surface area contributed by atoms with E-state index in [-0.39, 0.29) is 12.1 Å². The molecule has 1 unspecified atom stereocenters.